The minimum Gasteiger partial charge on any atom is -0.457 e. The van der Waals surface area contributed by atoms with Gasteiger partial charge in [-0.15, -0.1) is 0 Å². The number of nitro groups is 1. The fraction of sp³-hybridized carbons (Fsp3) is 0.278. The predicted molar refractivity (Wildman–Crippen MR) is 97.7 cm³/mol. The molecule has 0 saturated heterocycles. The van der Waals surface area contributed by atoms with Crippen LogP contribution >= 0.6 is 11.6 Å². The van der Waals surface area contributed by atoms with Crippen molar-refractivity contribution in [1.29, 1.82) is 0 Å². The fourth-order valence-corrected chi connectivity index (χ4v) is 2.63. The topological polar surface area (TPSA) is 105 Å². The van der Waals surface area contributed by atoms with Crippen molar-refractivity contribution in [1.82, 2.24) is 0 Å². The van der Waals surface area contributed by atoms with E-state index in [9.17, 15) is 19.3 Å². The fourth-order valence-electron chi connectivity index (χ4n) is 2.51. The Morgan fingerprint density at radius 3 is 2.41 bits per heavy atom. The number of carbonyl (C=O) groups is 1. The van der Waals surface area contributed by atoms with E-state index < -0.39 is 28.4 Å². The van der Waals surface area contributed by atoms with Crippen LogP contribution in [-0.4, -0.2) is 16.6 Å². The van der Waals surface area contributed by atoms with E-state index in [4.69, 9.17) is 26.8 Å². The molecule has 0 radical (unpaired) electrons. The molecule has 2 aromatic carbocycles. The molecule has 2 N–H and O–H groups in total. The molecule has 27 heavy (non-hydrogen) atoms. The van der Waals surface area contributed by atoms with Crippen LogP contribution in [0, 0.1) is 15.9 Å². The Bertz CT molecular complexity index is 888. The van der Waals surface area contributed by atoms with Crippen LogP contribution in [-0.2, 0) is 4.74 Å². The first-order valence-corrected chi connectivity index (χ1v) is 8.28. The van der Waals surface area contributed by atoms with Crippen LogP contribution in [0.25, 0.3) is 0 Å². The molecule has 2 aromatic rings. The van der Waals surface area contributed by atoms with Gasteiger partial charge in [-0.1, -0.05) is 18.5 Å². The van der Waals surface area contributed by atoms with Crippen molar-refractivity contribution < 1.29 is 23.6 Å². The van der Waals surface area contributed by atoms with Crippen LogP contribution in [0.5, 0.6) is 11.5 Å². The lowest BCUT2D eigenvalue weighted by molar-refractivity contribution is -0.386. The summed E-state index contributed by atoms with van der Waals surface area (Å²) in [6.45, 7) is 4.89. The van der Waals surface area contributed by atoms with Crippen molar-refractivity contribution in [3.8, 4) is 11.5 Å². The van der Waals surface area contributed by atoms with Crippen LogP contribution in [0.15, 0.2) is 36.4 Å². The highest BCUT2D eigenvalue weighted by molar-refractivity contribution is 6.30. The SMILES string of the molecule is CC(c1ccc(Oc2ccc(Cl)c(F)c2)cc1[N+](=O)[O-])C(C)(C)OC(N)=O. The molecular formula is C18H18ClFN2O5. The van der Waals surface area contributed by atoms with Gasteiger partial charge in [-0.3, -0.25) is 10.1 Å². The van der Waals surface area contributed by atoms with Gasteiger partial charge < -0.3 is 15.2 Å². The van der Waals surface area contributed by atoms with E-state index in [-0.39, 0.29) is 22.2 Å². The molecule has 1 amide bonds. The highest BCUT2D eigenvalue weighted by Crippen LogP contribution is 2.38. The van der Waals surface area contributed by atoms with Gasteiger partial charge in [-0.05, 0) is 38.1 Å². The normalized spacial score (nSPS) is 12.3. The average Bonchev–Trinajstić information content (AvgIpc) is 2.56. The number of rotatable bonds is 6. The first-order valence-electron chi connectivity index (χ1n) is 7.91. The second-order valence-corrected chi connectivity index (χ2v) is 6.81. The summed E-state index contributed by atoms with van der Waals surface area (Å²) in [6, 6.07) is 8.06. The van der Waals surface area contributed by atoms with Crippen LogP contribution in [0.1, 0.15) is 32.3 Å². The monoisotopic (exact) mass is 396 g/mol. The Hall–Kier alpha value is -2.87. The Balaban J connectivity index is 2.37. The molecule has 0 heterocycles. The van der Waals surface area contributed by atoms with Gasteiger partial charge in [0.05, 0.1) is 16.0 Å². The number of ether oxygens (including phenoxy) is 2. The van der Waals surface area contributed by atoms with Crippen molar-refractivity contribution >= 4 is 23.4 Å². The number of hydrogen-bond acceptors (Lipinski definition) is 5. The molecule has 1 unspecified atom stereocenters. The van der Waals surface area contributed by atoms with Crippen LogP contribution < -0.4 is 10.5 Å². The summed E-state index contributed by atoms with van der Waals surface area (Å²) in [5.74, 6) is -0.913. The van der Waals surface area contributed by atoms with Crippen LogP contribution in [0.3, 0.4) is 0 Å². The molecular weight excluding hydrogens is 379 g/mol. The molecule has 0 aliphatic rings. The van der Waals surface area contributed by atoms with Crippen LogP contribution in [0.4, 0.5) is 14.9 Å². The second kappa shape index (κ2) is 7.79. The molecule has 0 saturated carbocycles. The van der Waals surface area contributed by atoms with Crippen molar-refractivity contribution in [3.05, 3.63) is 62.9 Å². The molecule has 2 rings (SSSR count). The summed E-state index contributed by atoms with van der Waals surface area (Å²) in [5.41, 5.74) is 4.11. The molecule has 0 spiro atoms. The standard InChI is InChI=1S/C18H18ClFN2O5/c1-10(18(2,3)27-17(21)23)13-6-4-12(9-16(13)22(24)25)26-11-5-7-14(19)15(20)8-11/h4-10H,1-3H3,(H2,21,23). The summed E-state index contributed by atoms with van der Waals surface area (Å²) in [5, 5.41) is 11.5. The minimum absolute atomic E-state index is 0.0609. The average molecular weight is 397 g/mol. The smallest absolute Gasteiger partial charge is 0.405 e. The van der Waals surface area contributed by atoms with Gasteiger partial charge in [-0.25, -0.2) is 9.18 Å². The molecule has 9 heteroatoms. The van der Waals surface area contributed by atoms with Gasteiger partial charge in [0, 0.05) is 17.5 Å². The predicted octanol–water partition coefficient (Wildman–Crippen LogP) is 5.16. The van der Waals surface area contributed by atoms with E-state index >= 15 is 0 Å². The zero-order valence-electron chi connectivity index (χ0n) is 14.9. The summed E-state index contributed by atoms with van der Waals surface area (Å²) < 4.78 is 24.1. The largest absolute Gasteiger partial charge is 0.457 e. The Morgan fingerprint density at radius 1 is 1.26 bits per heavy atom. The maximum Gasteiger partial charge on any atom is 0.405 e. The van der Waals surface area contributed by atoms with Crippen molar-refractivity contribution in [2.45, 2.75) is 32.3 Å². The molecule has 0 aliphatic heterocycles. The zero-order valence-corrected chi connectivity index (χ0v) is 15.6. The third kappa shape index (κ3) is 4.85. The quantitative estimate of drug-likeness (QED) is 0.536. The number of primary amides is 1. The van der Waals surface area contributed by atoms with E-state index in [1.807, 2.05) is 0 Å². The molecule has 1 atom stereocenters. The van der Waals surface area contributed by atoms with Crippen molar-refractivity contribution in [2.24, 2.45) is 5.73 Å². The van der Waals surface area contributed by atoms with Gasteiger partial charge in [0.25, 0.3) is 5.69 Å². The highest BCUT2D eigenvalue weighted by atomic mass is 35.5. The number of nitro benzene ring substituents is 1. The Morgan fingerprint density at radius 2 is 1.85 bits per heavy atom. The van der Waals surface area contributed by atoms with Gasteiger partial charge in [0.1, 0.15) is 22.9 Å². The lowest BCUT2D eigenvalue weighted by Gasteiger charge is -2.30. The molecule has 7 nitrogen and oxygen atoms in total. The van der Waals surface area contributed by atoms with E-state index in [1.54, 1.807) is 20.8 Å². The first-order chi connectivity index (χ1) is 12.5. The Kier molecular flexibility index (Phi) is 5.90. The zero-order chi connectivity index (χ0) is 20.4. The van der Waals surface area contributed by atoms with Crippen molar-refractivity contribution in [3.63, 3.8) is 0 Å². The van der Waals surface area contributed by atoms with E-state index in [0.717, 1.165) is 6.07 Å². The number of nitrogens with two attached hydrogens (primary N) is 1. The van der Waals surface area contributed by atoms with Gasteiger partial charge >= 0.3 is 6.09 Å². The third-order valence-corrected chi connectivity index (χ3v) is 4.50. The number of halogens is 2. The second-order valence-electron chi connectivity index (χ2n) is 6.40. The summed E-state index contributed by atoms with van der Waals surface area (Å²) >= 11 is 5.62. The maximum absolute atomic E-state index is 13.5. The lowest BCUT2D eigenvalue weighted by Crippen LogP contribution is -2.36. The van der Waals surface area contributed by atoms with Gasteiger partial charge in [0.15, 0.2) is 0 Å². The van der Waals surface area contributed by atoms with E-state index in [2.05, 4.69) is 0 Å². The Labute approximate surface area is 160 Å². The number of benzene rings is 2. The molecule has 0 aliphatic carbocycles. The third-order valence-electron chi connectivity index (χ3n) is 4.20. The molecule has 144 valence electrons. The number of nitrogens with zero attached hydrogens (tertiary/aromatic N) is 1. The number of hydrogen-bond donors (Lipinski definition) is 1. The van der Waals surface area contributed by atoms with Gasteiger partial charge in [-0.2, -0.15) is 0 Å². The number of amides is 1. The summed E-state index contributed by atoms with van der Waals surface area (Å²) in [7, 11) is 0. The maximum atomic E-state index is 13.5. The number of carbonyl (C=O) groups excluding carboxylic acids is 1. The first kappa shape index (κ1) is 20.4. The van der Waals surface area contributed by atoms with E-state index in [0.29, 0.717) is 5.56 Å². The van der Waals surface area contributed by atoms with Gasteiger partial charge in [0.2, 0.25) is 0 Å². The minimum atomic E-state index is -1.07. The molecule has 0 bridgehead atoms. The molecule has 0 fully saturated rings. The lowest BCUT2D eigenvalue weighted by atomic mass is 9.85. The van der Waals surface area contributed by atoms with Crippen LogP contribution in [0.2, 0.25) is 5.02 Å². The molecule has 0 aromatic heterocycles. The summed E-state index contributed by atoms with van der Waals surface area (Å²) in [4.78, 5) is 22.0. The highest BCUT2D eigenvalue weighted by Gasteiger charge is 2.35. The summed E-state index contributed by atoms with van der Waals surface area (Å²) in [6.07, 6.45) is -0.973. The van der Waals surface area contributed by atoms with Crippen molar-refractivity contribution in [2.75, 3.05) is 0 Å². The van der Waals surface area contributed by atoms with E-state index in [1.165, 1.54) is 30.3 Å².